The van der Waals surface area contributed by atoms with Crippen LogP contribution in [0.3, 0.4) is 0 Å². The van der Waals surface area contributed by atoms with Crippen molar-refractivity contribution >= 4 is 21.7 Å². The van der Waals surface area contributed by atoms with Crippen LogP contribution in [0.5, 0.6) is 5.75 Å². The average Bonchev–Trinajstić information content (AvgIpc) is 2.13. The predicted molar refractivity (Wildman–Crippen MR) is 67.3 cm³/mol. The first kappa shape index (κ1) is 14.3. The molecule has 1 rings (SSSR count). The van der Waals surface area contributed by atoms with Gasteiger partial charge in [0.1, 0.15) is 11.3 Å². The van der Waals surface area contributed by atoms with E-state index >= 15 is 0 Å². The van der Waals surface area contributed by atoms with Crippen LogP contribution in [-0.2, 0) is 10.0 Å². The Morgan fingerprint density at radius 1 is 1.39 bits per heavy atom. The molecule has 1 aromatic carbocycles. The molecule has 6 nitrogen and oxygen atoms in total. The van der Waals surface area contributed by atoms with E-state index in [9.17, 15) is 18.3 Å². The highest BCUT2D eigenvalue weighted by molar-refractivity contribution is 7.92. The summed E-state index contributed by atoms with van der Waals surface area (Å²) in [6.45, 7) is 3.54. The molecule has 0 fully saturated rings. The van der Waals surface area contributed by atoms with Gasteiger partial charge in [-0.05, 0) is 18.1 Å². The summed E-state index contributed by atoms with van der Waals surface area (Å²) in [5, 5.41) is 18.1. The maximum atomic E-state index is 11.6. The summed E-state index contributed by atoms with van der Waals surface area (Å²) >= 11 is 0. The SMILES string of the molecule is CC(C)CS(=O)(=O)Nc1ccc(C(=O)O)c(O)c1. The number of hydrogen-bond donors (Lipinski definition) is 3. The summed E-state index contributed by atoms with van der Waals surface area (Å²) in [6, 6.07) is 3.51. The molecular weight excluding hydrogens is 258 g/mol. The zero-order chi connectivity index (χ0) is 13.9. The highest BCUT2D eigenvalue weighted by Gasteiger charge is 2.15. The third-order valence-electron chi connectivity index (χ3n) is 2.05. The van der Waals surface area contributed by atoms with E-state index in [1.54, 1.807) is 13.8 Å². The minimum absolute atomic E-state index is 0.0330. The van der Waals surface area contributed by atoms with Crippen LogP contribution in [0.25, 0.3) is 0 Å². The average molecular weight is 273 g/mol. The Hall–Kier alpha value is -1.76. The highest BCUT2D eigenvalue weighted by Crippen LogP contribution is 2.22. The number of rotatable bonds is 5. The summed E-state index contributed by atoms with van der Waals surface area (Å²) in [4.78, 5) is 10.7. The normalized spacial score (nSPS) is 11.5. The number of phenols is 1. The van der Waals surface area contributed by atoms with Crippen LogP contribution in [0, 0.1) is 5.92 Å². The Labute approximate surface area is 105 Å². The molecule has 0 unspecified atom stereocenters. The topological polar surface area (TPSA) is 104 Å². The molecule has 0 amide bonds. The second-order valence-corrected chi connectivity index (χ2v) is 6.08. The maximum absolute atomic E-state index is 11.6. The second-order valence-electron chi connectivity index (χ2n) is 4.31. The lowest BCUT2D eigenvalue weighted by Gasteiger charge is -2.10. The van der Waals surface area contributed by atoms with Gasteiger partial charge in [0, 0.05) is 6.07 Å². The van der Waals surface area contributed by atoms with Gasteiger partial charge in [-0.15, -0.1) is 0 Å². The van der Waals surface area contributed by atoms with E-state index in [0.29, 0.717) is 0 Å². The Bertz CT molecular complexity index is 551. The molecule has 0 radical (unpaired) electrons. The van der Waals surface area contributed by atoms with Gasteiger partial charge in [-0.2, -0.15) is 0 Å². The summed E-state index contributed by atoms with van der Waals surface area (Å²) in [7, 11) is -3.49. The van der Waals surface area contributed by atoms with Crippen LogP contribution in [0.1, 0.15) is 24.2 Å². The number of hydrogen-bond acceptors (Lipinski definition) is 4. The van der Waals surface area contributed by atoms with Crippen LogP contribution in [0.15, 0.2) is 18.2 Å². The van der Waals surface area contributed by atoms with E-state index in [1.165, 1.54) is 6.07 Å². The Kier molecular flexibility index (Phi) is 4.18. The molecular formula is C11H15NO5S. The molecule has 0 saturated carbocycles. The highest BCUT2D eigenvalue weighted by atomic mass is 32.2. The Morgan fingerprint density at radius 3 is 2.44 bits per heavy atom. The number of nitrogens with one attached hydrogen (secondary N) is 1. The number of benzene rings is 1. The van der Waals surface area contributed by atoms with Gasteiger partial charge < -0.3 is 10.2 Å². The molecule has 7 heteroatoms. The Morgan fingerprint density at radius 2 is 2.00 bits per heavy atom. The van der Waals surface area contributed by atoms with E-state index < -0.39 is 21.7 Å². The van der Waals surface area contributed by atoms with Gasteiger partial charge in [0.05, 0.1) is 11.4 Å². The minimum Gasteiger partial charge on any atom is -0.507 e. The smallest absolute Gasteiger partial charge is 0.339 e. The molecule has 0 heterocycles. The molecule has 0 aliphatic rings. The van der Waals surface area contributed by atoms with Crippen LogP contribution >= 0.6 is 0 Å². The van der Waals surface area contributed by atoms with Crippen molar-refractivity contribution in [2.75, 3.05) is 10.5 Å². The van der Waals surface area contributed by atoms with E-state index in [0.717, 1.165) is 12.1 Å². The van der Waals surface area contributed by atoms with Crippen LogP contribution in [0.2, 0.25) is 0 Å². The van der Waals surface area contributed by atoms with Gasteiger partial charge in [-0.25, -0.2) is 13.2 Å². The molecule has 18 heavy (non-hydrogen) atoms. The first-order valence-electron chi connectivity index (χ1n) is 5.28. The summed E-state index contributed by atoms with van der Waals surface area (Å²) in [6.07, 6.45) is 0. The van der Waals surface area contributed by atoms with Crippen LogP contribution < -0.4 is 4.72 Å². The summed E-state index contributed by atoms with van der Waals surface area (Å²) < 4.78 is 25.5. The van der Waals surface area contributed by atoms with Gasteiger partial charge in [-0.3, -0.25) is 4.72 Å². The van der Waals surface area contributed by atoms with Crippen LogP contribution in [-0.4, -0.2) is 30.4 Å². The van der Waals surface area contributed by atoms with Crippen molar-refractivity contribution in [2.45, 2.75) is 13.8 Å². The van der Waals surface area contributed by atoms with Crippen molar-refractivity contribution in [1.29, 1.82) is 0 Å². The predicted octanol–water partition coefficient (Wildman–Crippen LogP) is 1.49. The van der Waals surface area contributed by atoms with Crippen molar-refractivity contribution in [3.05, 3.63) is 23.8 Å². The fraction of sp³-hybridized carbons (Fsp3) is 0.364. The quantitative estimate of drug-likeness (QED) is 0.754. The first-order valence-corrected chi connectivity index (χ1v) is 6.93. The second kappa shape index (κ2) is 5.26. The summed E-state index contributed by atoms with van der Waals surface area (Å²) in [5.74, 6) is -1.83. The lowest BCUT2D eigenvalue weighted by atomic mass is 10.2. The largest absolute Gasteiger partial charge is 0.507 e. The lowest BCUT2D eigenvalue weighted by molar-refractivity contribution is 0.0694. The fourth-order valence-corrected chi connectivity index (χ4v) is 2.88. The molecule has 0 aliphatic carbocycles. The molecule has 0 spiro atoms. The fourth-order valence-electron chi connectivity index (χ4n) is 1.44. The zero-order valence-corrected chi connectivity index (χ0v) is 10.9. The standard InChI is InChI=1S/C11H15NO5S/c1-7(2)6-18(16,17)12-8-3-4-9(11(14)15)10(13)5-8/h3-5,7,12-13H,6H2,1-2H3,(H,14,15). The van der Waals surface area contributed by atoms with E-state index in [-0.39, 0.29) is 22.9 Å². The van der Waals surface area contributed by atoms with Crippen molar-refractivity contribution in [3.8, 4) is 5.75 Å². The molecule has 3 N–H and O–H groups in total. The molecule has 0 aromatic heterocycles. The zero-order valence-electron chi connectivity index (χ0n) is 10.0. The van der Waals surface area contributed by atoms with Gasteiger partial charge in [0.25, 0.3) is 0 Å². The minimum atomic E-state index is -3.49. The van der Waals surface area contributed by atoms with Crippen molar-refractivity contribution < 1.29 is 23.4 Å². The molecule has 100 valence electrons. The number of carboxylic acid groups (broad SMARTS) is 1. The summed E-state index contributed by atoms with van der Waals surface area (Å²) in [5.41, 5.74) is -0.139. The van der Waals surface area contributed by atoms with Gasteiger partial charge >= 0.3 is 5.97 Å². The molecule has 1 aromatic rings. The molecule has 0 bridgehead atoms. The number of anilines is 1. The third-order valence-corrected chi connectivity index (χ3v) is 3.71. The van der Waals surface area contributed by atoms with Gasteiger partial charge in [0.15, 0.2) is 0 Å². The van der Waals surface area contributed by atoms with Crippen molar-refractivity contribution in [1.82, 2.24) is 0 Å². The number of carbonyl (C=O) groups is 1. The molecule has 0 saturated heterocycles. The Balaban J connectivity index is 2.94. The van der Waals surface area contributed by atoms with Crippen molar-refractivity contribution in [2.24, 2.45) is 5.92 Å². The van der Waals surface area contributed by atoms with Crippen molar-refractivity contribution in [3.63, 3.8) is 0 Å². The number of aromatic hydroxyl groups is 1. The maximum Gasteiger partial charge on any atom is 0.339 e. The molecule has 0 aliphatic heterocycles. The van der Waals surface area contributed by atoms with Gasteiger partial charge in [-0.1, -0.05) is 13.8 Å². The number of sulfonamides is 1. The van der Waals surface area contributed by atoms with E-state index in [2.05, 4.69) is 4.72 Å². The van der Waals surface area contributed by atoms with E-state index in [1.807, 2.05) is 0 Å². The van der Waals surface area contributed by atoms with E-state index in [4.69, 9.17) is 5.11 Å². The number of aromatic carboxylic acids is 1. The van der Waals surface area contributed by atoms with Crippen LogP contribution in [0.4, 0.5) is 5.69 Å². The monoisotopic (exact) mass is 273 g/mol. The first-order chi connectivity index (χ1) is 8.21. The third kappa shape index (κ3) is 3.92. The lowest BCUT2D eigenvalue weighted by Crippen LogP contribution is -2.20. The van der Waals surface area contributed by atoms with Gasteiger partial charge in [0.2, 0.25) is 10.0 Å². The molecule has 0 atom stereocenters. The number of carboxylic acids is 1.